The number of halogens is 1. The van der Waals surface area contributed by atoms with E-state index in [2.05, 4.69) is 5.32 Å². The summed E-state index contributed by atoms with van der Waals surface area (Å²) in [5.74, 6) is -1.24. The van der Waals surface area contributed by atoms with Gasteiger partial charge < -0.3 is 15.0 Å². The minimum Gasteiger partial charge on any atom is -0.481 e. The number of carboxylic acids is 1. The summed E-state index contributed by atoms with van der Waals surface area (Å²) in [6, 6.07) is 1.58. The van der Waals surface area contributed by atoms with Gasteiger partial charge in [-0.3, -0.25) is 9.59 Å². The van der Waals surface area contributed by atoms with Crippen molar-refractivity contribution in [3.8, 4) is 0 Å². The second-order valence-corrected chi connectivity index (χ2v) is 4.07. The number of aliphatic carboxylic acids is 1. The van der Waals surface area contributed by atoms with Crippen LogP contribution in [0.25, 0.3) is 0 Å². The van der Waals surface area contributed by atoms with Gasteiger partial charge in [-0.25, -0.2) is 0 Å². The van der Waals surface area contributed by atoms with Crippen LogP contribution in [0.15, 0.2) is 12.3 Å². The predicted molar refractivity (Wildman–Crippen MR) is 64.3 cm³/mol. The van der Waals surface area contributed by atoms with Crippen LogP contribution in [0.2, 0.25) is 5.02 Å². The van der Waals surface area contributed by atoms with Crippen LogP contribution in [0.5, 0.6) is 0 Å². The van der Waals surface area contributed by atoms with Crippen molar-refractivity contribution in [2.24, 2.45) is 0 Å². The van der Waals surface area contributed by atoms with Gasteiger partial charge in [0.1, 0.15) is 5.69 Å². The van der Waals surface area contributed by atoms with Gasteiger partial charge in [0.05, 0.1) is 11.4 Å². The summed E-state index contributed by atoms with van der Waals surface area (Å²) in [6.45, 7) is 2.82. The zero-order valence-corrected chi connectivity index (χ0v) is 10.3. The van der Waals surface area contributed by atoms with Crippen molar-refractivity contribution in [2.75, 3.05) is 6.54 Å². The number of aryl methyl sites for hydroxylation is 1. The molecule has 0 radical (unpaired) electrons. The van der Waals surface area contributed by atoms with Gasteiger partial charge in [0.15, 0.2) is 0 Å². The molecule has 5 nitrogen and oxygen atoms in total. The Kier molecular flexibility index (Phi) is 5.03. The highest BCUT2D eigenvalue weighted by Crippen LogP contribution is 2.14. The van der Waals surface area contributed by atoms with E-state index < -0.39 is 5.97 Å². The van der Waals surface area contributed by atoms with Crippen LogP contribution in [-0.2, 0) is 11.3 Å². The average Bonchev–Trinajstić information content (AvgIpc) is 2.59. The van der Waals surface area contributed by atoms with Crippen molar-refractivity contribution < 1.29 is 14.7 Å². The van der Waals surface area contributed by atoms with Crippen molar-refractivity contribution in [3.05, 3.63) is 23.0 Å². The smallest absolute Gasteiger partial charge is 0.305 e. The second kappa shape index (κ2) is 6.30. The first-order valence-corrected chi connectivity index (χ1v) is 5.78. The zero-order chi connectivity index (χ0) is 12.8. The van der Waals surface area contributed by atoms with Crippen molar-refractivity contribution in [1.29, 1.82) is 0 Å². The predicted octanol–water partition coefficient (Wildman–Crippen LogP) is 1.76. The van der Waals surface area contributed by atoms with Crippen LogP contribution in [-0.4, -0.2) is 28.1 Å². The molecule has 17 heavy (non-hydrogen) atoms. The number of hydrogen-bond donors (Lipinski definition) is 2. The Hall–Kier alpha value is -1.49. The van der Waals surface area contributed by atoms with Gasteiger partial charge in [-0.1, -0.05) is 18.5 Å². The van der Waals surface area contributed by atoms with E-state index in [1.165, 1.54) is 0 Å². The lowest BCUT2D eigenvalue weighted by Gasteiger charge is -2.07. The van der Waals surface area contributed by atoms with Crippen LogP contribution in [0.4, 0.5) is 0 Å². The first-order valence-electron chi connectivity index (χ1n) is 5.40. The van der Waals surface area contributed by atoms with E-state index in [1.807, 2.05) is 6.92 Å². The molecule has 1 aromatic rings. The lowest BCUT2D eigenvalue weighted by Crippen LogP contribution is -2.28. The summed E-state index contributed by atoms with van der Waals surface area (Å²) in [7, 11) is 0. The maximum atomic E-state index is 11.8. The Bertz CT molecular complexity index is 415. The van der Waals surface area contributed by atoms with Crippen LogP contribution < -0.4 is 5.32 Å². The average molecular weight is 259 g/mol. The second-order valence-electron chi connectivity index (χ2n) is 3.64. The third kappa shape index (κ3) is 4.11. The molecule has 0 unspecified atom stereocenters. The van der Waals surface area contributed by atoms with Gasteiger partial charge in [0.2, 0.25) is 0 Å². The quantitative estimate of drug-likeness (QED) is 0.817. The topological polar surface area (TPSA) is 71.3 Å². The van der Waals surface area contributed by atoms with E-state index in [4.69, 9.17) is 16.7 Å². The molecule has 0 aliphatic rings. The zero-order valence-electron chi connectivity index (χ0n) is 9.57. The minimum absolute atomic E-state index is 0.0893. The van der Waals surface area contributed by atoms with Crippen molar-refractivity contribution in [1.82, 2.24) is 9.88 Å². The molecule has 94 valence electrons. The molecule has 0 bridgehead atoms. The van der Waals surface area contributed by atoms with E-state index in [0.717, 1.165) is 6.42 Å². The van der Waals surface area contributed by atoms with Crippen molar-refractivity contribution in [3.63, 3.8) is 0 Å². The number of carbonyl (C=O) groups excluding carboxylic acids is 1. The van der Waals surface area contributed by atoms with Gasteiger partial charge in [-0.2, -0.15) is 0 Å². The molecule has 0 saturated carbocycles. The van der Waals surface area contributed by atoms with Gasteiger partial charge in [-0.15, -0.1) is 0 Å². The molecule has 1 aromatic heterocycles. The Labute approximate surface area is 104 Å². The Balaban J connectivity index is 2.64. The van der Waals surface area contributed by atoms with E-state index in [1.54, 1.807) is 16.8 Å². The van der Waals surface area contributed by atoms with Crippen LogP contribution in [0.3, 0.4) is 0 Å². The summed E-state index contributed by atoms with van der Waals surface area (Å²) in [4.78, 5) is 22.1. The minimum atomic E-state index is -0.938. The number of nitrogens with one attached hydrogen (secondary N) is 1. The highest BCUT2D eigenvalue weighted by atomic mass is 35.5. The fourth-order valence-corrected chi connectivity index (χ4v) is 1.69. The first-order chi connectivity index (χ1) is 8.04. The summed E-state index contributed by atoms with van der Waals surface area (Å²) in [5, 5.41) is 11.5. The van der Waals surface area contributed by atoms with E-state index in [-0.39, 0.29) is 18.9 Å². The summed E-state index contributed by atoms with van der Waals surface area (Å²) < 4.78 is 1.76. The molecule has 0 fully saturated rings. The molecule has 1 heterocycles. The van der Waals surface area contributed by atoms with Gasteiger partial charge >= 0.3 is 5.97 Å². The normalized spacial score (nSPS) is 10.2. The standard InChI is InChI=1S/C11H15ClN2O3/c1-2-5-14-7-8(12)6-9(14)11(17)13-4-3-10(15)16/h6-7H,2-5H2,1H3,(H,13,17)(H,15,16). The lowest BCUT2D eigenvalue weighted by atomic mass is 10.3. The van der Waals surface area contributed by atoms with Gasteiger partial charge in [-0.05, 0) is 12.5 Å². The summed E-state index contributed by atoms with van der Waals surface area (Å²) >= 11 is 5.83. The molecule has 2 N–H and O–H groups in total. The van der Waals surface area contributed by atoms with E-state index >= 15 is 0 Å². The SMILES string of the molecule is CCCn1cc(Cl)cc1C(=O)NCCC(=O)O. The number of amides is 1. The third-order valence-corrected chi connectivity index (χ3v) is 2.39. The monoisotopic (exact) mass is 258 g/mol. The Morgan fingerprint density at radius 1 is 1.53 bits per heavy atom. The van der Waals surface area contributed by atoms with E-state index in [0.29, 0.717) is 17.3 Å². The number of aromatic nitrogens is 1. The first kappa shape index (κ1) is 13.6. The Morgan fingerprint density at radius 2 is 2.24 bits per heavy atom. The van der Waals surface area contributed by atoms with Crippen molar-refractivity contribution in [2.45, 2.75) is 26.3 Å². The molecule has 0 spiro atoms. The fraction of sp³-hybridized carbons (Fsp3) is 0.455. The summed E-state index contributed by atoms with van der Waals surface area (Å²) in [6.07, 6.45) is 2.49. The molecule has 0 aliphatic carbocycles. The Morgan fingerprint density at radius 3 is 2.82 bits per heavy atom. The molecular weight excluding hydrogens is 244 g/mol. The number of nitrogens with zero attached hydrogens (tertiary/aromatic N) is 1. The highest BCUT2D eigenvalue weighted by Gasteiger charge is 2.12. The molecule has 6 heteroatoms. The van der Waals surface area contributed by atoms with Crippen LogP contribution in [0.1, 0.15) is 30.3 Å². The number of carbonyl (C=O) groups is 2. The molecular formula is C11H15ClN2O3. The fourth-order valence-electron chi connectivity index (χ4n) is 1.46. The number of carboxylic acid groups (broad SMARTS) is 1. The maximum Gasteiger partial charge on any atom is 0.305 e. The molecule has 0 aromatic carbocycles. The summed E-state index contributed by atoms with van der Waals surface area (Å²) in [5.41, 5.74) is 0.460. The van der Waals surface area contributed by atoms with Crippen LogP contribution in [0, 0.1) is 0 Å². The lowest BCUT2D eigenvalue weighted by molar-refractivity contribution is -0.136. The highest BCUT2D eigenvalue weighted by molar-refractivity contribution is 6.31. The molecule has 0 atom stereocenters. The number of hydrogen-bond acceptors (Lipinski definition) is 2. The maximum absolute atomic E-state index is 11.8. The molecule has 1 rings (SSSR count). The molecule has 1 amide bonds. The van der Waals surface area contributed by atoms with Gasteiger partial charge in [0.25, 0.3) is 5.91 Å². The molecule has 0 saturated heterocycles. The third-order valence-electron chi connectivity index (χ3n) is 2.18. The molecule has 0 aliphatic heterocycles. The van der Waals surface area contributed by atoms with Gasteiger partial charge in [0, 0.05) is 19.3 Å². The van der Waals surface area contributed by atoms with Crippen molar-refractivity contribution >= 4 is 23.5 Å². The largest absolute Gasteiger partial charge is 0.481 e. The van der Waals surface area contributed by atoms with Crippen LogP contribution >= 0.6 is 11.6 Å². The van der Waals surface area contributed by atoms with E-state index in [9.17, 15) is 9.59 Å². The number of rotatable bonds is 6.